The van der Waals surface area contributed by atoms with Gasteiger partial charge in [-0.3, -0.25) is 0 Å². The van der Waals surface area contributed by atoms with Crippen molar-refractivity contribution in [2.75, 3.05) is 7.11 Å². The minimum Gasteiger partial charge on any atom is -0.497 e. The summed E-state index contributed by atoms with van der Waals surface area (Å²) in [6.07, 6.45) is 5.91. The Morgan fingerprint density at radius 2 is 1.48 bits per heavy atom. The molecule has 27 heavy (non-hydrogen) atoms. The summed E-state index contributed by atoms with van der Waals surface area (Å²) < 4.78 is 34.5. The van der Waals surface area contributed by atoms with E-state index in [1.54, 1.807) is 43.5 Å². The second-order valence-electron chi connectivity index (χ2n) is 6.36. The number of halogens is 2. The molecule has 0 bridgehead atoms. The van der Waals surface area contributed by atoms with E-state index in [0.717, 1.165) is 34.9 Å². The van der Waals surface area contributed by atoms with E-state index in [9.17, 15) is 8.78 Å². The molecule has 0 aliphatic rings. The summed E-state index contributed by atoms with van der Waals surface area (Å²) in [6.45, 7) is 1.98. The lowest BCUT2D eigenvalue weighted by atomic mass is 10.0. The van der Waals surface area contributed by atoms with Crippen molar-refractivity contribution in [3.05, 3.63) is 89.5 Å². The predicted molar refractivity (Wildman–Crippen MR) is 109 cm³/mol. The molecule has 0 aliphatic heterocycles. The molecule has 0 spiro atoms. The Labute approximate surface area is 158 Å². The number of methoxy groups -OCH3 is 1. The maximum Gasteiger partial charge on any atom is 0.166 e. The first kappa shape index (κ1) is 18.8. The number of hydrogen-bond donors (Lipinski definition) is 0. The highest BCUT2D eigenvalue weighted by atomic mass is 19.2. The van der Waals surface area contributed by atoms with Gasteiger partial charge in [0.1, 0.15) is 5.75 Å². The summed E-state index contributed by atoms with van der Waals surface area (Å²) in [5, 5.41) is 1.74. The van der Waals surface area contributed by atoms with Crippen LogP contribution in [0.3, 0.4) is 0 Å². The van der Waals surface area contributed by atoms with E-state index in [0.29, 0.717) is 0 Å². The third-order valence-electron chi connectivity index (χ3n) is 4.54. The van der Waals surface area contributed by atoms with E-state index in [1.807, 2.05) is 37.3 Å². The Hall–Kier alpha value is -2.94. The maximum atomic E-state index is 14.7. The zero-order valence-electron chi connectivity index (χ0n) is 15.5. The van der Waals surface area contributed by atoms with Gasteiger partial charge in [0, 0.05) is 11.1 Å². The molecule has 3 aromatic carbocycles. The van der Waals surface area contributed by atoms with Gasteiger partial charge >= 0.3 is 0 Å². The third-order valence-corrected chi connectivity index (χ3v) is 4.54. The first-order valence-corrected chi connectivity index (χ1v) is 8.96. The summed E-state index contributed by atoms with van der Waals surface area (Å²) in [6, 6.07) is 17.5. The molecule has 0 unspecified atom stereocenters. The first-order chi connectivity index (χ1) is 13.1. The maximum absolute atomic E-state index is 14.7. The van der Waals surface area contributed by atoms with Gasteiger partial charge in [0.15, 0.2) is 11.7 Å². The Morgan fingerprint density at radius 3 is 2.19 bits per heavy atom. The normalized spacial score (nSPS) is 12.4. The molecular weight excluding hydrogens is 342 g/mol. The van der Waals surface area contributed by atoms with Crippen molar-refractivity contribution in [3.63, 3.8) is 0 Å². The molecule has 0 aliphatic carbocycles. The molecule has 1 nitrogen and oxygen atoms in total. The molecule has 0 aromatic heterocycles. The highest BCUT2D eigenvalue weighted by molar-refractivity contribution is 5.90. The monoisotopic (exact) mass is 364 g/mol. The van der Waals surface area contributed by atoms with Crippen molar-refractivity contribution in [1.82, 2.24) is 0 Å². The van der Waals surface area contributed by atoms with Gasteiger partial charge in [0.05, 0.1) is 7.11 Å². The molecule has 0 amide bonds. The van der Waals surface area contributed by atoms with Crippen LogP contribution in [0.2, 0.25) is 0 Å². The van der Waals surface area contributed by atoms with Crippen LogP contribution in [0.15, 0.2) is 72.8 Å². The average Bonchev–Trinajstić information content (AvgIpc) is 2.72. The number of fused-ring (bicyclic) bond motifs is 1. The number of rotatable bonds is 6. The van der Waals surface area contributed by atoms with Crippen LogP contribution in [0.1, 0.15) is 30.0 Å². The highest BCUT2D eigenvalue weighted by Gasteiger charge is 2.12. The van der Waals surface area contributed by atoms with Gasteiger partial charge < -0.3 is 4.74 Å². The van der Waals surface area contributed by atoms with Crippen molar-refractivity contribution in [3.8, 4) is 5.75 Å². The Balaban J connectivity index is 1.87. The van der Waals surface area contributed by atoms with Gasteiger partial charge in [-0.05, 0) is 54.3 Å². The second-order valence-corrected chi connectivity index (χ2v) is 6.36. The number of allylic oxidation sites excluding steroid dienone is 2. The summed E-state index contributed by atoms with van der Waals surface area (Å²) in [7, 11) is 1.60. The van der Waals surface area contributed by atoms with Crippen LogP contribution < -0.4 is 4.74 Å². The summed E-state index contributed by atoms with van der Waals surface area (Å²) in [5.41, 5.74) is 1.57. The van der Waals surface area contributed by atoms with Gasteiger partial charge in [0.2, 0.25) is 0 Å². The SMILES string of the molecule is C/C=C/CCc1ccc(C(F)=C(F)c2ccc3cc(OC)ccc3c2)cc1. The van der Waals surface area contributed by atoms with Crippen LogP contribution in [0.4, 0.5) is 8.78 Å². The summed E-state index contributed by atoms with van der Waals surface area (Å²) in [4.78, 5) is 0. The molecule has 0 N–H and O–H groups in total. The smallest absolute Gasteiger partial charge is 0.166 e. The molecule has 0 radical (unpaired) electrons. The number of ether oxygens (including phenoxy) is 1. The fraction of sp³-hybridized carbons (Fsp3) is 0.167. The van der Waals surface area contributed by atoms with Gasteiger partial charge in [-0.2, -0.15) is 0 Å². The lowest BCUT2D eigenvalue weighted by molar-refractivity contribution is 0.415. The molecule has 3 rings (SSSR count). The Kier molecular flexibility index (Phi) is 6.02. The number of aryl methyl sites for hydroxylation is 1. The van der Waals surface area contributed by atoms with Crippen LogP contribution in [-0.4, -0.2) is 7.11 Å². The minimum absolute atomic E-state index is 0.224. The van der Waals surface area contributed by atoms with Gasteiger partial charge in [-0.25, -0.2) is 8.78 Å². The molecule has 0 atom stereocenters. The van der Waals surface area contributed by atoms with Crippen molar-refractivity contribution in [2.24, 2.45) is 0 Å². The molecule has 0 fully saturated rings. The third kappa shape index (κ3) is 4.43. The molecule has 138 valence electrons. The van der Waals surface area contributed by atoms with Crippen molar-refractivity contribution in [1.29, 1.82) is 0 Å². The topological polar surface area (TPSA) is 9.23 Å². The molecule has 0 saturated carbocycles. The van der Waals surface area contributed by atoms with Crippen molar-refractivity contribution >= 4 is 22.4 Å². The fourth-order valence-corrected chi connectivity index (χ4v) is 2.98. The van der Waals surface area contributed by atoms with E-state index in [4.69, 9.17) is 4.74 Å². The first-order valence-electron chi connectivity index (χ1n) is 8.96. The average molecular weight is 364 g/mol. The van der Waals surface area contributed by atoms with E-state index in [1.165, 1.54) is 0 Å². The fourth-order valence-electron chi connectivity index (χ4n) is 2.98. The van der Waals surface area contributed by atoms with Crippen LogP contribution in [0, 0.1) is 0 Å². The van der Waals surface area contributed by atoms with Crippen molar-refractivity contribution < 1.29 is 13.5 Å². The van der Waals surface area contributed by atoms with Crippen molar-refractivity contribution in [2.45, 2.75) is 19.8 Å². The van der Waals surface area contributed by atoms with E-state index < -0.39 is 11.7 Å². The summed E-state index contributed by atoms with van der Waals surface area (Å²) >= 11 is 0. The highest BCUT2D eigenvalue weighted by Crippen LogP contribution is 2.31. The largest absolute Gasteiger partial charge is 0.497 e. The van der Waals surface area contributed by atoms with Crippen LogP contribution >= 0.6 is 0 Å². The minimum atomic E-state index is -0.852. The molecular formula is C24H22F2O. The van der Waals surface area contributed by atoms with Crippen LogP contribution in [0.5, 0.6) is 5.75 Å². The van der Waals surface area contributed by atoms with E-state index in [2.05, 4.69) is 6.08 Å². The Bertz CT molecular complexity index is 985. The second kappa shape index (κ2) is 8.63. The lowest BCUT2D eigenvalue weighted by Gasteiger charge is -2.07. The summed E-state index contributed by atoms with van der Waals surface area (Å²) in [5.74, 6) is -0.968. The zero-order chi connectivity index (χ0) is 19.2. The Morgan fingerprint density at radius 1 is 0.852 bits per heavy atom. The predicted octanol–water partition coefficient (Wildman–Crippen LogP) is 7.12. The lowest BCUT2D eigenvalue weighted by Crippen LogP contribution is -1.88. The molecule has 3 aromatic rings. The molecule has 0 saturated heterocycles. The van der Waals surface area contributed by atoms with Crippen LogP contribution in [0.25, 0.3) is 22.4 Å². The molecule has 0 heterocycles. The number of benzene rings is 3. The standard InChI is InChI=1S/C24H22F2O/c1-3-4-5-6-17-7-9-18(10-8-17)23(25)24(26)21-12-11-20-16-22(27-2)14-13-19(20)15-21/h3-4,7-16H,5-6H2,1-2H3/b4-3+,24-23?. The van der Waals surface area contributed by atoms with Gasteiger partial charge in [0.25, 0.3) is 0 Å². The molecule has 3 heteroatoms. The van der Waals surface area contributed by atoms with Gasteiger partial charge in [-0.1, -0.05) is 54.6 Å². The van der Waals surface area contributed by atoms with Gasteiger partial charge in [-0.15, -0.1) is 0 Å². The van der Waals surface area contributed by atoms with E-state index in [-0.39, 0.29) is 11.1 Å². The quantitative estimate of drug-likeness (QED) is 0.334. The van der Waals surface area contributed by atoms with E-state index >= 15 is 0 Å². The number of hydrogen-bond acceptors (Lipinski definition) is 1. The van der Waals surface area contributed by atoms with Crippen LogP contribution in [-0.2, 0) is 6.42 Å². The zero-order valence-corrected chi connectivity index (χ0v) is 15.5.